The molecule has 0 radical (unpaired) electrons. The summed E-state index contributed by atoms with van der Waals surface area (Å²) in [5.74, 6) is 0.909. The van der Waals surface area contributed by atoms with Crippen molar-refractivity contribution in [1.82, 2.24) is 4.98 Å². The molecule has 2 aromatic rings. The third-order valence-electron chi connectivity index (χ3n) is 2.77. The molecule has 1 aromatic carbocycles. The van der Waals surface area contributed by atoms with Crippen molar-refractivity contribution in [3.8, 4) is 5.75 Å². The Kier molecular flexibility index (Phi) is 2.95. The van der Waals surface area contributed by atoms with Gasteiger partial charge in [-0.15, -0.1) is 0 Å². The second-order valence-electron chi connectivity index (χ2n) is 3.83. The number of benzene rings is 1. The molecule has 2 rings (SSSR count). The Morgan fingerprint density at radius 3 is 2.93 bits per heavy atom. The summed E-state index contributed by atoms with van der Waals surface area (Å²) in [4.78, 5) is 3.29. The predicted octanol–water partition coefficient (Wildman–Crippen LogP) is 3.52. The molecule has 1 aromatic heterocycles. The number of hydrogen-bond acceptors (Lipinski definition) is 1. The summed E-state index contributed by atoms with van der Waals surface area (Å²) < 4.78 is 5.19. The van der Waals surface area contributed by atoms with Crippen molar-refractivity contribution in [3.05, 3.63) is 30.0 Å². The lowest BCUT2D eigenvalue weighted by molar-refractivity contribution is 0.415. The van der Waals surface area contributed by atoms with Crippen LogP contribution in [0.4, 0.5) is 0 Å². The predicted molar refractivity (Wildman–Crippen MR) is 63.5 cm³/mol. The smallest absolute Gasteiger partial charge is 0.120 e. The standard InChI is InChI=1S/C13H17NO/c1-3-4-5-10-9-14-13-8-11(15-2)6-7-12(10)13/h6-9,14H,3-5H2,1-2H3. The van der Waals surface area contributed by atoms with Crippen molar-refractivity contribution in [2.24, 2.45) is 0 Å². The number of ether oxygens (including phenoxy) is 1. The molecule has 0 aliphatic carbocycles. The minimum absolute atomic E-state index is 0.909. The van der Waals surface area contributed by atoms with Gasteiger partial charge in [0, 0.05) is 23.2 Å². The summed E-state index contributed by atoms with van der Waals surface area (Å²) in [6.07, 6.45) is 5.75. The summed E-state index contributed by atoms with van der Waals surface area (Å²) in [6, 6.07) is 6.20. The van der Waals surface area contributed by atoms with Crippen molar-refractivity contribution in [2.75, 3.05) is 7.11 Å². The number of fused-ring (bicyclic) bond motifs is 1. The fourth-order valence-corrected chi connectivity index (χ4v) is 1.87. The van der Waals surface area contributed by atoms with Crippen LogP contribution in [0.5, 0.6) is 5.75 Å². The number of aromatic nitrogens is 1. The molecular weight excluding hydrogens is 186 g/mol. The summed E-state index contributed by atoms with van der Waals surface area (Å²) in [5, 5.41) is 1.32. The summed E-state index contributed by atoms with van der Waals surface area (Å²) in [7, 11) is 1.70. The maximum atomic E-state index is 5.19. The van der Waals surface area contributed by atoms with E-state index < -0.39 is 0 Å². The zero-order chi connectivity index (χ0) is 10.7. The van der Waals surface area contributed by atoms with Crippen molar-refractivity contribution >= 4 is 10.9 Å². The molecule has 0 atom stereocenters. The summed E-state index contributed by atoms with van der Waals surface area (Å²) in [6.45, 7) is 2.22. The quantitative estimate of drug-likeness (QED) is 0.808. The molecule has 0 unspecified atom stereocenters. The number of H-pyrrole nitrogens is 1. The lowest BCUT2D eigenvalue weighted by atomic mass is 10.1. The van der Waals surface area contributed by atoms with Gasteiger partial charge >= 0.3 is 0 Å². The van der Waals surface area contributed by atoms with E-state index >= 15 is 0 Å². The van der Waals surface area contributed by atoms with Gasteiger partial charge < -0.3 is 9.72 Å². The molecule has 0 aliphatic rings. The van der Waals surface area contributed by atoms with Crippen LogP contribution < -0.4 is 4.74 Å². The Balaban J connectivity index is 2.34. The lowest BCUT2D eigenvalue weighted by Gasteiger charge is -2.00. The fourth-order valence-electron chi connectivity index (χ4n) is 1.87. The van der Waals surface area contributed by atoms with Gasteiger partial charge in [0.05, 0.1) is 7.11 Å². The SMILES string of the molecule is CCCCc1c[nH]c2cc(OC)ccc12. The van der Waals surface area contributed by atoms with Crippen LogP contribution in [0, 0.1) is 0 Å². The van der Waals surface area contributed by atoms with Crippen molar-refractivity contribution in [2.45, 2.75) is 26.2 Å². The molecule has 15 heavy (non-hydrogen) atoms. The minimum atomic E-state index is 0.909. The molecule has 0 bridgehead atoms. The third-order valence-corrected chi connectivity index (χ3v) is 2.77. The Bertz CT molecular complexity index is 445. The van der Waals surface area contributed by atoms with Gasteiger partial charge in [0.2, 0.25) is 0 Å². The van der Waals surface area contributed by atoms with Gasteiger partial charge in [-0.05, 0) is 30.5 Å². The number of aromatic amines is 1. The average molecular weight is 203 g/mol. The number of methoxy groups -OCH3 is 1. The van der Waals surface area contributed by atoms with Gasteiger partial charge in [0.25, 0.3) is 0 Å². The third kappa shape index (κ3) is 1.99. The van der Waals surface area contributed by atoms with E-state index in [-0.39, 0.29) is 0 Å². The number of hydrogen-bond donors (Lipinski definition) is 1. The first-order valence-corrected chi connectivity index (χ1v) is 5.49. The van der Waals surface area contributed by atoms with Crippen LogP contribution in [0.3, 0.4) is 0 Å². The second kappa shape index (κ2) is 4.39. The van der Waals surface area contributed by atoms with E-state index in [1.807, 2.05) is 12.1 Å². The molecule has 2 nitrogen and oxygen atoms in total. The van der Waals surface area contributed by atoms with E-state index in [2.05, 4.69) is 24.2 Å². The van der Waals surface area contributed by atoms with E-state index in [0.717, 1.165) is 12.2 Å². The maximum absolute atomic E-state index is 5.19. The number of unbranched alkanes of at least 4 members (excludes halogenated alkanes) is 1. The summed E-state index contributed by atoms with van der Waals surface area (Å²) >= 11 is 0. The van der Waals surface area contributed by atoms with Crippen LogP contribution >= 0.6 is 0 Å². The first-order chi connectivity index (χ1) is 7.35. The van der Waals surface area contributed by atoms with Crippen LogP contribution in [0.1, 0.15) is 25.3 Å². The average Bonchev–Trinajstić information content (AvgIpc) is 2.68. The molecule has 0 fully saturated rings. The van der Waals surface area contributed by atoms with Crippen LogP contribution in [-0.2, 0) is 6.42 Å². The summed E-state index contributed by atoms with van der Waals surface area (Å²) in [5.41, 5.74) is 2.58. The molecule has 1 heterocycles. The van der Waals surface area contributed by atoms with E-state index in [4.69, 9.17) is 4.74 Å². The van der Waals surface area contributed by atoms with E-state index in [9.17, 15) is 0 Å². The van der Waals surface area contributed by atoms with Crippen LogP contribution in [0.15, 0.2) is 24.4 Å². The van der Waals surface area contributed by atoms with Gasteiger partial charge in [0.1, 0.15) is 5.75 Å². The molecule has 0 saturated carbocycles. The number of rotatable bonds is 4. The molecule has 1 N–H and O–H groups in total. The first kappa shape index (κ1) is 10.1. The number of nitrogens with one attached hydrogen (secondary N) is 1. The van der Waals surface area contributed by atoms with E-state index in [0.29, 0.717) is 0 Å². The van der Waals surface area contributed by atoms with Crippen molar-refractivity contribution in [3.63, 3.8) is 0 Å². The Hall–Kier alpha value is -1.44. The largest absolute Gasteiger partial charge is 0.497 e. The molecular formula is C13H17NO. The maximum Gasteiger partial charge on any atom is 0.120 e. The highest BCUT2D eigenvalue weighted by atomic mass is 16.5. The minimum Gasteiger partial charge on any atom is -0.497 e. The fraction of sp³-hybridized carbons (Fsp3) is 0.385. The first-order valence-electron chi connectivity index (χ1n) is 5.49. The van der Waals surface area contributed by atoms with E-state index in [1.165, 1.54) is 29.3 Å². The number of aryl methyl sites for hydroxylation is 1. The molecule has 80 valence electrons. The highest BCUT2D eigenvalue weighted by molar-refractivity contribution is 5.84. The topological polar surface area (TPSA) is 25.0 Å². The zero-order valence-electron chi connectivity index (χ0n) is 9.34. The normalized spacial score (nSPS) is 10.8. The molecule has 0 spiro atoms. The van der Waals surface area contributed by atoms with Crippen LogP contribution in [-0.4, -0.2) is 12.1 Å². The Morgan fingerprint density at radius 2 is 2.20 bits per heavy atom. The highest BCUT2D eigenvalue weighted by Gasteiger charge is 2.03. The van der Waals surface area contributed by atoms with E-state index in [1.54, 1.807) is 7.11 Å². The van der Waals surface area contributed by atoms with Gasteiger partial charge in [0.15, 0.2) is 0 Å². The monoisotopic (exact) mass is 203 g/mol. The molecule has 0 amide bonds. The highest BCUT2D eigenvalue weighted by Crippen LogP contribution is 2.24. The Labute approximate surface area is 90.3 Å². The molecule has 0 aliphatic heterocycles. The zero-order valence-corrected chi connectivity index (χ0v) is 9.34. The molecule has 0 saturated heterocycles. The molecule has 2 heteroatoms. The van der Waals surface area contributed by atoms with Gasteiger partial charge in [-0.25, -0.2) is 0 Å². The van der Waals surface area contributed by atoms with Crippen molar-refractivity contribution in [1.29, 1.82) is 0 Å². The van der Waals surface area contributed by atoms with Crippen LogP contribution in [0.2, 0.25) is 0 Å². The van der Waals surface area contributed by atoms with Gasteiger partial charge in [-0.1, -0.05) is 13.3 Å². The second-order valence-corrected chi connectivity index (χ2v) is 3.83. The van der Waals surface area contributed by atoms with Gasteiger partial charge in [-0.3, -0.25) is 0 Å². The van der Waals surface area contributed by atoms with Crippen LogP contribution in [0.25, 0.3) is 10.9 Å². The van der Waals surface area contributed by atoms with Gasteiger partial charge in [-0.2, -0.15) is 0 Å². The Morgan fingerprint density at radius 1 is 1.33 bits per heavy atom. The lowest BCUT2D eigenvalue weighted by Crippen LogP contribution is -1.83. The van der Waals surface area contributed by atoms with Crippen molar-refractivity contribution < 1.29 is 4.74 Å².